The molecule has 0 saturated carbocycles. The molecule has 1 saturated heterocycles. The summed E-state index contributed by atoms with van der Waals surface area (Å²) in [6, 6.07) is 0.607. The molecule has 1 atom stereocenters. The minimum atomic E-state index is 0.456. The van der Waals surface area contributed by atoms with Crippen LogP contribution in [0.25, 0.3) is 0 Å². The molecule has 0 aliphatic carbocycles. The Kier molecular flexibility index (Phi) is 3.74. The van der Waals surface area contributed by atoms with E-state index < -0.39 is 0 Å². The van der Waals surface area contributed by atoms with Crippen LogP contribution in [0.4, 0.5) is 0 Å². The van der Waals surface area contributed by atoms with Crippen LogP contribution >= 0.6 is 0 Å². The highest BCUT2D eigenvalue weighted by atomic mass is 16.5. The zero-order valence-corrected chi connectivity index (χ0v) is 9.47. The lowest BCUT2D eigenvalue weighted by atomic mass is 9.92. The van der Waals surface area contributed by atoms with E-state index in [1.807, 2.05) is 0 Å². The molecule has 1 rings (SSSR count). The fourth-order valence-corrected chi connectivity index (χ4v) is 1.57. The Morgan fingerprint density at radius 2 is 2.08 bits per heavy atom. The number of rotatable bonds is 2. The van der Waals surface area contributed by atoms with Crippen molar-refractivity contribution in [2.75, 3.05) is 26.3 Å². The van der Waals surface area contributed by atoms with Crippen molar-refractivity contribution in [1.82, 2.24) is 4.90 Å². The lowest BCUT2D eigenvalue weighted by molar-refractivity contribution is -0.00430. The normalized spacial score (nSPS) is 26.3. The van der Waals surface area contributed by atoms with Crippen molar-refractivity contribution in [2.24, 2.45) is 5.41 Å². The lowest BCUT2D eigenvalue weighted by Gasteiger charge is -2.35. The van der Waals surface area contributed by atoms with Gasteiger partial charge in [0.2, 0.25) is 0 Å². The van der Waals surface area contributed by atoms with Gasteiger partial charge in [0.1, 0.15) is 0 Å². The molecule has 0 aromatic carbocycles. The van der Waals surface area contributed by atoms with E-state index in [1.165, 1.54) is 13.0 Å². The Morgan fingerprint density at radius 1 is 1.38 bits per heavy atom. The third kappa shape index (κ3) is 4.10. The zero-order chi connectivity index (χ0) is 9.90. The van der Waals surface area contributed by atoms with Gasteiger partial charge in [-0.05, 0) is 25.3 Å². The minimum Gasteiger partial charge on any atom is -0.379 e. The first-order valence-corrected chi connectivity index (χ1v) is 5.31. The van der Waals surface area contributed by atoms with E-state index in [-0.39, 0.29) is 0 Å². The molecule has 0 aromatic heterocycles. The Morgan fingerprint density at radius 3 is 2.62 bits per heavy atom. The topological polar surface area (TPSA) is 12.5 Å². The molecule has 2 nitrogen and oxygen atoms in total. The molecule has 0 aromatic rings. The molecule has 0 amide bonds. The second-order valence-electron chi connectivity index (χ2n) is 5.27. The fraction of sp³-hybridized carbons (Fsp3) is 1.00. The van der Waals surface area contributed by atoms with E-state index in [2.05, 4.69) is 32.6 Å². The second-order valence-corrected chi connectivity index (χ2v) is 5.27. The van der Waals surface area contributed by atoms with Crippen molar-refractivity contribution in [3.05, 3.63) is 0 Å². The maximum Gasteiger partial charge on any atom is 0.0619 e. The highest BCUT2D eigenvalue weighted by Crippen LogP contribution is 2.20. The highest BCUT2D eigenvalue weighted by molar-refractivity contribution is 4.73. The van der Waals surface area contributed by atoms with Crippen LogP contribution in [0, 0.1) is 5.41 Å². The molecule has 78 valence electrons. The summed E-state index contributed by atoms with van der Waals surface area (Å²) in [5.41, 5.74) is 0.456. The van der Waals surface area contributed by atoms with E-state index in [9.17, 15) is 0 Å². The molecule has 0 spiro atoms. The van der Waals surface area contributed by atoms with E-state index in [0.717, 1.165) is 19.8 Å². The van der Waals surface area contributed by atoms with E-state index in [4.69, 9.17) is 4.74 Å². The lowest BCUT2D eigenvalue weighted by Crippen LogP contribution is -2.44. The van der Waals surface area contributed by atoms with Gasteiger partial charge in [0.15, 0.2) is 0 Å². The van der Waals surface area contributed by atoms with Crippen LogP contribution in [-0.4, -0.2) is 37.2 Å². The average molecular weight is 185 g/mol. The molecule has 0 radical (unpaired) electrons. The van der Waals surface area contributed by atoms with Gasteiger partial charge < -0.3 is 4.74 Å². The van der Waals surface area contributed by atoms with Crippen molar-refractivity contribution in [1.29, 1.82) is 0 Å². The number of hydrogen-bond donors (Lipinski definition) is 0. The van der Waals surface area contributed by atoms with E-state index >= 15 is 0 Å². The van der Waals surface area contributed by atoms with Gasteiger partial charge >= 0.3 is 0 Å². The van der Waals surface area contributed by atoms with Crippen LogP contribution < -0.4 is 0 Å². The van der Waals surface area contributed by atoms with Gasteiger partial charge in [0, 0.05) is 12.6 Å². The van der Waals surface area contributed by atoms with Crippen LogP contribution in [0.2, 0.25) is 0 Å². The first kappa shape index (κ1) is 11.0. The van der Waals surface area contributed by atoms with Crippen molar-refractivity contribution >= 4 is 0 Å². The van der Waals surface area contributed by atoms with Gasteiger partial charge in [-0.3, -0.25) is 4.90 Å². The monoisotopic (exact) mass is 185 g/mol. The van der Waals surface area contributed by atoms with Gasteiger partial charge in [-0.25, -0.2) is 0 Å². The van der Waals surface area contributed by atoms with Crippen molar-refractivity contribution < 1.29 is 4.74 Å². The predicted molar refractivity (Wildman–Crippen MR) is 55.9 cm³/mol. The molecule has 1 aliphatic heterocycles. The molecule has 0 N–H and O–H groups in total. The standard InChI is InChI=1S/C11H23NO/c1-10-9-13-8-7-12(10)6-5-11(2,3)4/h10H,5-9H2,1-4H3. The Hall–Kier alpha value is -0.0800. The van der Waals surface area contributed by atoms with Gasteiger partial charge in [-0.1, -0.05) is 20.8 Å². The molecule has 1 fully saturated rings. The summed E-state index contributed by atoms with van der Waals surface area (Å²) in [5.74, 6) is 0. The van der Waals surface area contributed by atoms with Crippen molar-refractivity contribution in [3.8, 4) is 0 Å². The maximum atomic E-state index is 5.40. The van der Waals surface area contributed by atoms with Crippen molar-refractivity contribution in [3.63, 3.8) is 0 Å². The van der Waals surface area contributed by atoms with Gasteiger partial charge in [-0.2, -0.15) is 0 Å². The Labute approximate surface area is 82.3 Å². The first-order chi connectivity index (χ1) is 5.99. The molecule has 0 bridgehead atoms. The Bertz CT molecular complexity index is 151. The number of nitrogens with zero attached hydrogens (tertiary/aromatic N) is 1. The quantitative estimate of drug-likeness (QED) is 0.653. The predicted octanol–water partition coefficient (Wildman–Crippen LogP) is 2.14. The largest absolute Gasteiger partial charge is 0.379 e. The van der Waals surface area contributed by atoms with Crippen LogP contribution in [0.1, 0.15) is 34.1 Å². The van der Waals surface area contributed by atoms with Gasteiger partial charge in [0.25, 0.3) is 0 Å². The average Bonchev–Trinajstić information content (AvgIpc) is 2.01. The summed E-state index contributed by atoms with van der Waals surface area (Å²) in [6.45, 7) is 13.3. The molecule has 2 heteroatoms. The first-order valence-electron chi connectivity index (χ1n) is 5.31. The van der Waals surface area contributed by atoms with E-state index in [0.29, 0.717) is 11.5 Å². The molecular formula is C11H23NO. The molecule has 13 heavy (non-hydrogen) atoms. The summed E-state index contributed by atoms with van der Waals surface area (Å²) in [4.78, 5) is 2.54. The molecule has 1 aliphatic rings. The van der Waals surface area contributed by atoms with E-state index in [1.54, 1.807) is 0 Å². The summed E-state index contributed by atoms with van der Waals surface area (Å²) in [6.07, 6.45) is 1.28. The zero-order valence-electron chi connectivity index (χ0n) is 9.47. The number of morpholine rings is 1. The summed E-state index contributed by atoms with van der Waals surface area (Å²) in [5, 5.41) is 0. The van der Waals surface area contributed by atoms with Crippen LogP contribution in [-0.2, 0) is 4.74 Å². The smallest absolute Gasteiger partial charge is 0.0619 e. The summed E-state index contributed by atoms with van der Waals surface area (Å²) in [7, 11) is 0. The maximum absolute atomic E-state index is 5.40. The summed E-state index contributed by atoms with van der Waals surface area (Å²) >= 11 is 0. The molecule has 1 heterocycles. The van der Waals surface area contributed by atoms with Gasteiger partial charge in [-0.15, -0.1) is 0 Å². The van der Waals surface area contributed by atoms with Crippen LogP contribution in [0.15, 0.2) is 0 Å². The fourth-order valence-electron chi connectivity index (χ4n) is 1.57. The number of hydrogen-bond acceptors (Lipinski definition) is 2. The van der Waals surface area contributed by atoms with Crippen molar-refractivity contribution in [2.45, 2.75) is 40.2 Å². The third-order valence-corrected chi connectivity index (χ3v) is 2.65. The Balaban J connectivity index is 2.27. The third-order valence-electron chi connectivity index (χ3n) is 2.65. The van der Waals surface area contributed by atoms with Gasteiger partial charge in [0.05, 0.1) is 13.2 Å². The number of ether oxygens (including phenoxy) is 1. The highest BCUT2D eigenvalue weighted by Gasteiger charge is 2.20. The SMILES string of the molecule is CC1COCCN1CCC(C)(C)C. The molecule has 1 unspecified atom stereocenters. The van der Waals surface area contributed by atoms with Crippen LogP contribution in [0.5, 0.6) is 0 Å². The van der Waals surface area contributed by atoms with Crippen LogP contribution in [0.3, 0.4) is 0 Å². The summed E-state index contributed by atoms with van der Waals surface area (Å²) < 4.78 is 5.40. The minimum absolute atomic E-state index is 0.456. The second kappa shape index (κ2) is 4.43. The molecular weight excluding hydrogens is 162 g/mol.